The number of nitrogens with one attached hydrogen (secondary N) is 2. The quantitative estimate of drug-likeness (QED) is 0.295. The number of carbonyl (C=O) groups is 1. The lowest BCUT2D eigenvalue weighted by atomic mass is 10.2. The standard InChI is InChI=1S/C21H31N5O3.HI/c1-25(2)20(27)16-24-21(22-10-9-17-7-5-13-28-17)23-15-18(19-8-6-14-29-19)26-11-3-4-12-26;/h5-8,13-14,18H,3-4,9-12,15-16H2,1-2H3,(H2,22,23,24);1H. The van der Waals surface area contributed by atoms with E-state index in [2.05, 4.69) is 20.5 Å². The zero-order chi connectivity index (χ0) is 20.5. The molecule has 2 aromatic heterocycles. The van der Waals surface area contributed by atoms with Crippen LogP contribution in [0, 0.1) is 0 Å². The minimum absolute atomic E-state index is 0. The summed E-state index contributed by atoms with van der Waals surface area (Å²) in [5, 5.41) is 6.70. The van der Waals surface area contributed by atoms with Crippen LogP contribution in [0.2, 0.25) is 0 Å². The van der Waals surface area contributed by atoms with Crippen LogP contribution in [0.15, 0.2) is 50.6 Å². The first-order chi connectivity index (χ1) is 14.1. The van der Waals surface area contributed by atoms with Gasteiger partial charge in [0, 0.05) is 33.6 Å². The summed E-state index contributed by atoms with van der Waals surface area (Å²) in [6.07, 6.45) is 6.53. The molecule has 1 aliphatic heterocycles. The molecule has 1 atom stereocenters. The van der Waals surface area contributed by atoms with Crippen LogP contribution in [0.1, 0.15) is 30.4 Å². The second kappa shape index (κ2) is 12.6. The van der Waals surface area contributed by atoms with E-state index in [-0.39, 0.29) is 42.5 Å². The van der Waals surface area contributed by atoms with Gasteiger partial charge in [-0.15, -0.1) is 24.0 Å². The first-order valence-electron chi connectivity index (χ1n) is 10.2. The number of halogens is 1. The highest BCUT2D eigenvalue weighted by Gasteiger charge is 2.25. The minimum Gasteiger partial charge on any atom is -0.469 e. The molecule has 1 saturated heterocycles. The molecule has 0 aliphatic carbocycles. The van der Waals surface area contributed by atoms with Crippen molar-refractivity contribution in [1.29, 1.82) is 0 Å². The molecule has 1 aliphatic rings. The van der Waals surface area contributed by atoms with Crippen LogP contribution in [0.3, 0.4) is 0 Å². The number of likely N-dealkylation sites (N-methyl/N-ethyl adjacent to an activating group) is 1. The Bertz CT molecular complexity index is 756. The number of rotatable bonds is 9. The van der Waals surface area contributed by atoms with Crippen molar-refractivity contribution in [2.24, 2.45) is 4.99 Å². The molecule has 3 rings (SSSR count). The Kier molecular flexibility index (Phi) is 10.2. The molecule has 1 unspecified atom stereocenters. The fourth-order valence-electron chi connectivity index (χ4n) is 3.36. The summed E-state index contributed by atoms with van der Waals surface area (Å²) in [5.74, 6) is 2.42. The highest BCUT2D eigenvalue weighted by molar-refractivity contribution is 14.0. The third kappa shape index (κ3) is 7.35. The smallest absolute Gasteiger partial charge is 0.243 e. The number of amides is 1. The molecule has 166 valence electrons. The van der Waals surface area contributed by atoms with Crippen molar-refractivity contribution >= 4 is 35.8 Å². The monoisotopic (exact) mass is 529 g/mol. The molecule has 1 fully saturated rings. The van der Waals surface area contributed by atoms with E-state index < -0.39 is 0 Å². The summed E-state index contributed by atoms with van der Waals surface area (Å²) in [4.78, 5) is 20.4. The molecule has 3 heterocycles. The van der Waals surface area contributed by atoms with Gasteiger partial charge < -0.3 is 24.4 Å². The van der Waals surface area contributed by atoms with Gasteiger partial charge in [-0.2, -0.15) is 0 Å². The molecule has 8 nitrogen and oxygen atoms in total. The van der Waals surface area contributed by atoms with Crippen LogP contribution in [0.25, 0.3) is 0 Å². The highest BCUT2D eigenvalue weighted by atomic mass is 127. The largest absolute Gasteiger partial charge is 0.469 e. The number of carbonyl (C=O) groups excluding carboxylic acids is 1. The van der Waals surface area contributed by atoms with Gasteiger partial charge in [-0.05, 0) is 50.2 Å². The maximum Gasteiger partial charge on any atom is 0.243 e. The normalized spacial score (nSPS) is 15.5. The second-order valence-electron chi connectivity index (χ2n) is 7.36. The molecule has 0 bridgehead atoms. The molecule has 9 heteroatoms. The fraction of sp³-hybridized carbons (Fsp3) is 0.524. The van der Waals surface area contributed by atoms with Crippen LogP contribution in [0.5, 0.6) is 0 Å². The van der Waals surface area contributed by atoms with Crippen molar-refractivity contribution < 1.29 is 13.6 Å². The summed E-state index contributed by atoms with van der Waals surface area (Å²) in [7, 11) is 3.46. The Hall–Kier alpha value is -2.01. The van der Waals surface area contributed by atoms with Crippen LogP contribution in [-0.4, -0.2) is 68.5 Å². The molecule has 2 N–H and O–H groups in total. The average molecular weight is 529 g/mol. The van der Waals surface area contributed by atoms with E-state index in [0.717, 1.165) is 31.0 Å². The Morgan fingerprint density at radius 3 is 2.53 bits per heavy atom. The number of nitrogens with zero attached hydrogens (tertiary/aromatic N) is 3. The van der Waals surface area contributed by atoms with E-state index in [9.17, 15) is 4.79 Å². The van der Waals surface area contributed by atoms with Gasteiger partial charge in [-0.3, -0.25) is 9.69 Å². The second-order valence-corrected chi connectivity index (χ2v) is 7.36. The molecular formula is C21H32IN5O3. The van der Waals surface area contributed by atoms with E-state index in [1.807, 2.05) is 24.3 Å². The van der Waals surface area contributed by atoms with E-state index in [4.69, 9.17) is 8.83 Å². The molecular weight excluding hydrogens is 497 g/mol. The lowest BCUT2D eigenvalue weighted by molar-refractivity contribution is -0.127. The SMILES string of the molecule is CN(C)C(=O)CN=C(NCCc1ccco1)NCC(c1ccco1)N1CCCC1.I. The lowest BCUT2D eigenvalue weighted by Crippen LogP contribution is -2.43. The minimum atomic E-state index is -0.0423. The van der Waals surface area contributed by atoms with Gasteiger partial charge in [0.1, 0.15) is 18.1 Å². The number of aliphatic imine (C=N–C) groups is 1. The molecule has 0 spiro atoms. The Morgan fingerprint density at radius 1 is 1.17 bits per heavy atom. The van der Waals surface area contributed by atoms with Gasteiger partial charge >= 0.3 is 0 Å². The van der Waals surface area contributed by atoms with Gasteiger partial charge in [0.25, 0.3) is 0 Å². The molecule has 0 aromatic carbocycles. The topological polar surface area (TPSA) is 86.2 Å². The van der Waals surface area contributed by atoms with Crippen molar-refractivity contribution in [2.45, 2.75) is 25.3 Å². The van der Waals surface area contributed by atoms with Crippen LogP contribution < -0.4 is 10.6 Å². The Morgan fingerprint density at radius 2 is 1.90 bits per heavy atom. The summed E-state index contributed by atoms with van der Waals surface area (Å²) < 4.78 is 11.1. The Labute approximate surface area is 195 Å². The maximum atomic E-state index is 12.0. The number of likely N-dealkylation sites (tertiary alicyclic amines) is 1. The van der Waals surface area contributed by atoms with Gasteiger partial charge in [0.05, 0.1) is 18.6 Å². The number of furan rings is 2. The Balaban J connectivity index is 0.00000320. The van der Waals surface area contributed by atoms with Crippen LogP contribution >= 0.6 is 24.0 Å². The van der Waals surface area contributed by atoms with Crippen molar-refractivity contribution in [2.75, 3.05) is 46.8 Å². The van der Waals surface area contributed by atoms with Crippen molar-refractivity contribution in [3.63, 3.8) is 0 Å². The van der Waals surface area contributed by atoms with Crippen molar-refractivity contribution in [3.05, 3.63) is 48.3 Å². The zero-order valence-electron chi connectivity index (χ0n) is 17.7. The molecule has 30 heavy (non-hydrogen) atoms. The van der Waals surface area contributed by atoms with E-state index in [1.165, 1.54) is 12.8 Å². The van der Waals surface area contributed by atoms with E-state index in [0.29, 0.717) is 19.0 Å². The molecule has 2 aromatic rings. The number of hydrogen-bond acceptors (Lipinski definition) is 5. The van der Waals surface area contributed by atoms with Crippen LogP contribution in [0.4, 0.5) is 0 Å². The third-order valence-corrected chi connectivity index (χ3v) is 5.03. The molecule has 1 amide bonds. The predicted octanol–water partition coefficient (Wildman–Crippen LogP) is 2.49. The highest BCUT2D eigenvalue weighted by Crippen LogP contribution is 2.24. The average Bonchev–Trinajstić information content (AvgIpc) is 3.49. The summed E-state index contributed by atoms with van der Waals surface area (Å²) >= 11 is 0. The summed E-state index contributed by atoms with van der Waals surface area (Å²) in [6, 6.07) is 7.89. The van der Waals surface area contributed by atoms with E-state index in [1.54, 1.807) is 31.5 Å². The van der Waals surface area contributed by atoms with Gasteiger partial charge in [0.15, 0.2) is 5.96 Å². The molecule has 0 radical (unpaired) electrons. The van der Waals surface area contributed by atoms with Crippen molar-refractivity contribution in [1.82, 2.24) is 20.4 Å². The third-order valence-electron chi connectivity index (χ3n) is 5.03. The summed E-state index contributed by atoms with van der Waals surface area (Å²) in [5.41, 5.74) is 0. The lowest BCUT2D eigenvalue weighted by Gasteiger charge is -2.26. The van der Waals surface area contributed by atoms with Gasteiger partial charge in [-0.1, -0.05) is 0 Å². The van der Waals surface area contributed by atoms with Gasteiger partial charge in [-0.25, -0.2) is 4.99 Å². The fourth-order valence-corrected chi connectivity index (χ4v) is 3.36. The van der Waals surface area contributed by atoms with E-state index >= 15 is 0 Å². The van der Waals surface area contributed by atoms with Crippen LogP contribution in [-0.2, 0) is 11.2 Å². The number of guanidine groups is 1. The predicted molar refractivity (Wildman–Crippen MR) is 127 cm³/mol. The molecule has 0 saturated carbocycles. The first-order valence-corrected chi connectivity index (χ1v) is 10.2. The van der Waals surface area contributed by atoms with Gasteiger partial charge in [0.2, 0.25) is 5.91 Å². The first kappa shape index (κ1) is 24.3. The maximum absolute atomic E-state index is 12.0. The summed E-state index contributed by atoms with van der Waals surface area (Å²) in [6.45, 7) is 3.52. The van der Waals surface area contributed by atoms with Crippen molar-refractivity contribution in [3.8, 4) is 0 Å². The number of hydrogen-bond donors (Lipinski definition) is 2. The zero-order valence-corrected chi connectivity index (χ0v) is 20.0.